The van der Waals surface area contributed by atoms with Gasteiger partial charge in [0.2, 0.25) is 0 Å². The number of ether oxygens (including phenoxy) is 2. The predicted molar refractivity (Wildman–Crippen MR) is 262 cm³/mol. The number of hydrogen-bond acceptors (Lipinski definition) is 7. The number of fused-ring (bicyclic) bond motifs is 7. The molecular weight excluding hydrogens is 813 g/mol. The fourth-order valence-corrected chi connectivity index (χ4v) is 10.6. The van der Waals surface area contributed by atoms with Crippen LogP contribution in [0.1, 0.15) is 191 Å². The summed E-state index contributed by atoms with van der Waals surface area (Å²) in [6, 6.07) is 0. The van der Waals surface area contributed by atoms with Crippen LogP contribution in [0.25, 0.3) is 29.9 Å². The topological polar surface area (TPSA) is 146 Å². The zero-order chi connectivity index (χ0) is 47.1. The zero-order valence-corrected chi connectivity index (χ0v) is 41.0. The smallest absolute Gasteiger partial charge is 0.321 e. The molecule has 0 amide bonds. The van der Waals surface area contributed by atoms with Gasteiger partial charge in [-0.15, -0.1) is 0 Å². The first kappa shape index (κ1) is 49.3. The molecule has 3 aromatic rings. The molecule has 0 saturated carbocycles. The molecule has 0 radical (unpaired) electrons. The number of nitrogens with one attached hydrogen (secondary N) is 4. The van der Waals surface area contributed by atoms with Crippen LogP contribution in [-0.4, -0.2) is 52.7 Å². The molecule has 6 atom stereocenters. The first-order valence-electron chi connectivity index (χ1n) is 24.6. The summed E-state index contributed by atoms with van der Waals surface area (Å²) >= 11 is 0. The molecule has 1 aliphatic carbocycles. The number of hydrogen-bond donors (Lipinski definition) is 4. The van der Waals surface area contributed by atoms with Gasteiger partial charge >= 0.3 is 11.9 Å². The van der Waals surface area contributed by atoms with Crippen molar-refractivity contribution in [2.24, 2.45) is 41.4 Å². The normalized spacial score (nSPS) is 22.0. The molecule has 3 aromatic heterocycles. The molecule has 0 aromatic carbocycles. The second-order valence-electron chi connectivity index (χ2n) is 20.0. The van der Waals surface area contributed by atoms with E-state index in [-0.39, 0.29) is 30.0 Å². The van der Waals surface area contributed by atoms with Crippen LogP contribution in [-0.2, 0) is 25.5 Å². The maximum Gasteiger partial charge on any atom is 0.321 e. The second kappa shape index (κ2) is 21.9. The predicted octanol–water partition coefficient (Wildman–Crippen LogP) is 10.7. The van der Waals surface area contributed by atoms with E-state index in [9.17, 15) is 19.2 Å². The number of carbonyl (C=O) groups is 4. The van der Waals surface area contributed by atoms with Gasteiger partial charge in [0.1, 0.15) is 5.92 Å². The molecule has 65 heavy (non-hydrogen) atoms. The van der Waals surface area contributed by atoms with Crippen LogP contribution in [0, 0.1) is 55.3 Å². The summed E-state index contributed by atoms with van der Waals surface area (Å²) in [6.07, 6.45) is 22.3. The lowest BCUT2D eigenvalue weighted by Crippen LogP contribution is -2.25. The number of ketones is 1. The van der Waals surface area contributed by atoms with Gasteiger partial charge in [0.25, 0.3) is 0 Å². The highest BCUT2D eigenvalue weighted by Crippen LogP contribution is 2.48. The molecule has 1 fully saturated rings. The zero-order valence-electron chi connectivity index (χ0n) is 41.0. The van der Waals surface area contributed by atoms with Crippen molar-refractivity contribution >= 4 is 53.9 Å². The monoisotopic (exact) mass is 889 g/mol. The van der Waals surface area contributed by atoms with Crippen LogP contribution < -0.4 is 16.0 Å². The number of methoxy groups -OCH3 is 1. The number of aromatic nitrogens is 3. The highest BCUT2D eigenvalue weighted by Gasteiger charge is 2.48. The summed E-state index contributed by atoms with van der Waals surface area (Å²) < 4.78 is 11.2. The van der Waals surface area contributed by atoms with Crippen LogP contribution in [0.5, 0.6) is 0 Å². The number of H-pyrrole nitrogens is 3. The van der Waals surface area contributed by atoms with Crippen LogP contribution in [0.15, 0.2) is 18.0 Å². The van der Waals surface area contributed by atoms with Crippen molar-refractivity contribution in [1.29, 1.82) is 0 Å². The van der Waals surface area contributed by atoms with Crippen molar-refractivity contribution < 1.29 is 28.7 Å². The van der Waals surface area contributed by atoms with E-state index in [1.54, 1.807) is 0 Å². The Hall–Kier alpha value is -5.12. The largest absolute Gasteiger partial charge is 0.468 e. The van der Waals surface area contributed by atoms with Gasteiger partial charge in [-0.05, 0) is 91.7 Å². The molecule has 5 heterocycles. The van der Waals surface area contributed by atoms with Crippen molar-refractivity contribution in [3.05, 3.63) is 84.8 Å². The number of aldehydes is 1. The Kier molecular flexibility index (Phi) is 16.6. The average molecular weight is 889 g/mol. The summed E-state index contributed by atoms with van der Waals surface area (Å²) in [5.41, 5.74) is 9.50. The SMILES string of the molecule is C=Cc1c2[nH]c(c1C)/C=C1\N/C(=C3\c4[nH]c(c(C)c4C(=O)[C@@H]3C(=O)OC)/C=c3\[nH]/c(c(C=O)c3CC)=C\2)[C@@H](CCC(=O)OCCC(C)CCC[C@@H](C)CCC[C@H](C)CCCC(C)C)[C@@H]1C. The third kappa shape index (κ3) is 11.0. The molecule has 352 valence electrons. The van der Waals surface area contributed by atoms with Crippen LogP contribution >= 0.6 is 0 Å². The van der Waals surface area contributed by atoms with Gasteiger partial charge in [-0.1, -0.05) is 119 Å². The molecule has 10 heteroatoms. The van der Waals surface area contributed by atoms with Crippen molar-refractivity contribution in [1.82, 2.24) is 20.3 Å². The molecule has 4 N–H and O–H groups in total. The Morgan fingerprint density at radius 1 is 0.800 bits per heavy atom. The van der Waals surface area contributed by atoms with Gasteiger partial charge in [0, 0.05) is 74.3 Å². The molecule has 3 aliphatic rings. The van der Waals surface area contributed by atoms with E-state index in [1.165, 1.54) is 58.5 Å². The minimum absolute atomic E-state index is 0.123. The maximum absolute atomic E-state index is 14.4. The van der Waals surface area contributed by atoms with Crippen LogP contribution in [0.3, 0.4) is 0 Å². The van der Waals surface area contributed by atoms with Gasteiger partial charge in [0.05, 0.1) is 24.8 Å². The van der Waals surface area contributed by atoms with Gasteiger partial charge in [0.15, 0.2) is 12.1 Å². The minimum Gasteiger partial charge on any atom is -0.468 e. The van der Waals surface area contributed by atoms with E-state index in [2.05, 4.69) is 74.5 Å². The van der Waals surface area contributed by atoms with Crippen molar-refractivity contribution in [2.45, 2.75) is 146 Å². The van der Waals surface area contributed by atoms with E-state index < -0.39 is 11.9 Å². The molecule has 6 rings (SSSR count). The van der Waals surface area contributed by atoms with Crippen molar-refractivity contribution in [3.63, 3.8) is 0 Å². The third-order valence-electron chi connectivity index (χ3n) is 14.8. The van der Waals surface area contributed by atoms with E-state index >= 15 is 0 Å². The fraction of sp³-hybridized carbons (Fsp3) is 0.564. The van der Waals surface area contributed by atoms with Gasteiger partial charge in [-0.3, -0.25) is 19.2 Å². The van der Waals surface area contributed by atoms with Gasteiger partial charge in [-0.2, -0.15) is 0 Å². The van der Waals surface area contributed by atoms with Crippen LogP contribution in [0.2, 0.25) is 0 Å². The summed E-state index contributed by atoms with van der Waals surface area (Å²) in [6.45, 7) is 24.2. The lowest BCUT2D eigenvalue weighted by molar-refractivity contribution is -0.144. The number of aromatic amines is 3. The molecule has 1 saturated heterocycles. The molecule has 0 spiro atoms. The summed E-state index contributed by atoms with van der Waals surface area (Å²) in [5.74, 6) is 0.0550. The lowest BCUT2D eigenvalue weighted by Gasteiger charge is -2.20. The Bertz CT molecular complexity index is 2440. The third-order valence-corrected chi connectivity index (χ3v) is 14.8. The fourth-order valence-electron chi connectivity index (χ4n) is 10.6. The van der Waals surface area contributed by atoms with Gasteiger partial charge in [-0.25, -0.2) is 0 Å². The van der Waals surface area contributed by atoms with E-state index in [4.69, 9.17) is 9.47 Å². The Morgan fingerprint density at radius 3 is 2.02 bits per heavy atom. The highest BCUT2D eigenvalue weighted by molar-refractivity contribution is 6.24. The van der Waals surface area contributed by atoms with Crippen molar-refractivity contribution in [2.75, 3.05) is 13.7 Å². The number of carbonyl (C=O) groups excluding carboxylic acids is 4. The molecule has 10 nitrogen and oxygen atoms in total. The molecule has 1 unspecified atom stereocenters. The van der Waals surface area contributed by atoms with E-state index in [0.29, 0.717) is 64.4 Å². The number of rotatable bonds is 22. The molecule has 2 aliphatic heterocycles. The summed E-state index contributed by atoms with van der Waals surface area (Å²) in [7, 11) is 1.30. The first-order valence-corrected chi connectivity index (χ1v) is 24.6. The molecular formula is C55H76N4O6. The summed E-state index contributed by atoms with van der Waals surface area (Å²) in [4.78, 5) is 64.7. The standard InChI is InChI=1S/C55H76N4O6/c1-12-38-35(8)42-27-43-36(9)40(23-24-48(61)65-26-25-34(7)22-16-21-33(6)20-15-19-32(5)18-14-17-31(3)4)52(58-43)50-51(55(63)64-11)54(62)49-37(10)44(59-53(49)50)28-46-39(13-2)41(30-60)47(57-46)29-45(38)56-42/h12,27-34,36,40,51,56-59H,1,13-26H2,2-11H3/b43-27-,46-28-,47-29-,52-50-/t32-,33+,34?,36+,40+,51-/m1/s1. The van der Waals surface area contributed by atoms with E-state index in [1.807, 2.05) is 39.0 Å². The van der Waals surface area contributed by atoms with E-state index in [0.717, 1.165) is 81.7 Å². The maximum atomic E-state index is 14.4. The van der Waals surface area contributed by atoms with Crippen LogP contribution in [0.4, 0.5) is 0 Å². The summed E-state index contributed by atoms with van der Waals surface area (Å²) in [5, 5.41) is 5.10. The lowest BCUT2D eigenvalue weighted by atomic mass is 9.85. The number of Topliss-reactive ketones (excluding diaryl/α,β-unsaturated/α-hetero) is 1. The van der Waals surface area contributed by atoms with Crippen molar-refractivity contribution in [3.8, 4) is 0 Å². The Morgan fingerprint density at radius 2 is 1.42 bits per heavy atom. The first-order chi connectivity index (χ1) is 31.1. The highest BCUT2D eigenvalue weighted by atomic mass is 16.5. The quantitative estimate of drug-likeness (QED) is 0.0446. The average Bonchev–Trinajstić information content (AvgIpc) is 4.02. The number of esters is 2. The Labute approximate surface area is 387 Å². The Balaban J connectivity index is 1.21. The molecule has 8 bridgehead atoms. The van der Waals surface area contributed by atoms with Gasteiger partial charge < -0.3 is 29.7 Å². The minimum atomic E-state index is -1.18. The second-order valence-corrected chi connectivity index (χ2v) is 20.0. The number of allylic oxidation sites excluding steroid dienone is 2.